The fourth-order valence-corrected chi connectivity index (χ4v) is 9.12. The fraction of sp³-hybridized carbons (Fsp3) is 0.472. The number of primary amides is 1. The first kappa shape index (κ1) is 40.1. The van der Waals surface area contributed by atoms with Crippen molar-refractivity contribution in [2.75, 3.05) is 39.3 Å². The number of nitro groups is 2. The van der Waals surface area contributed by atoms with E-state index in [-0.39, 0.29) is 55.7 Å². The quantitative estimate of drug-likeness (QED) is 0.127. The van der Waals surface area contributed by atoms with Crippen LogP contribution >= 0.6 is 11.8 Å². The number of carbonyl (C=O) groups is 5. The van der Waals surface area contributed by atoms with Gasteiger partial charge in [-0.1, -0.05) is 6.92 Å². The number of nitrogens with zero attached hydrogens (tertiary/aromatic N) is 6. The maximum atomic E-state index is 14.1. The van der Waals surface area contributed by atoms with Gasteiger partial charge in [-0.3, -0.25) is 44.4 Å². The number of fused-ring (bicyclic) bond motifs is 1. The molecule has 0 bridgehead atoms. The Morgan fingerprint density at radius 2 is 1.48 bits per heavy atom. The number of rotatable bonds is 13. The first-order valence-corrected chi connectivity index (χ1v) is 18.8. The zero-order chi connectivity index (χ0) is 40.4. The first-order chi connectivity index (χ1) is 26.6. The number of piperazine rings is 1. The van der Waals surface area contributed by atoms with E-state index >= 15 is 0 Å². The number of β-lactam (4-membered cyclic amide) rings is 1. The summed E-state index contributed by atoms with van der Waals surface area (Å²) in [5.41, 5.74) is 6.07. The van der Waals surface area contributed by atoms with E-state index in [4.69, 9.17) is 15.2 Å². The number of hydrogen-bond donors (Lipinski definition) is 2. The molecule has 0 spiro atoms. The van der Waals surface area contributed by atoms with Crippen LogP contribution in [0.1, 0.15) is 31.4 Å². The summed E-state index contributed by atoms with van der Waals surface area (Å²) in [4.78, 5) is 94.0. The molecule has 298 valence electrons. The largest absolute Gasteiger partial charge is 0.456 e. The summed E-state index contributed by atoms with van der Waals surface area (Å²) in [5.74, 6) is -3.26. The zero-order valence-electron chi connectivity index (χ0n) is 30.6. The number of aliphatic hydroxyl groups excluding tert-OH is 1. The van der Waals surface area contributed by atoms with Crippen molar-refractivity contribution in [3.8, 4) is 0 Å². The summed E-state index contributed by atoms with van der Waals surface area (Å²) in [6, 6.07) is 9.48. The third-order valence-electron chi connectivity index (χ3n) is 10.5. The summed E-state index contributed by atoms with van der Waals surface area (Å²) in [6.07, 6.45) is -1.62. The summed E-state index contributed by atoms with van der Waals surface area (Å²) >= 11 is 1.25. The lowest BCUT2D eigenvalue weighted by molar-refractivity contribution is -0.385. The first-order valence-electron chi connectivity index (χ1n) is 17.9. The molecule has 6 rings (SSSR count). The molecule has 2 aromatic carbocycles. The van der Waals surface area contributed by atoms with Gasteiger partial charge in [0.25, 0.3) is 11.4 Å². The van der Waals surface area contributed by atoms with Crippen molar-refractivity contribution in [1.29, 1.82) is 0 Å². The molecule has 3 N–H and O–H groups in total. The molecule has 0 saturated carbocycles. The number of non-ortho nitro benzene ring substituents is 2. The molecule has 0 unspecified atom stereocenters. The van der Waals surface area contributed by atoms with E-state index in [9.17, 15) is 49.3 Å². The Bertz CT molecular complexity index is 1930. The minimum Gasteiger partial charge on any atom is -0.456 e. The summed E-state index contributed by atoms with van der Waals surface area (Å²) in [7, 11) is 0. The normalized spacial score (nSPS) is 24.0. The molecule has 2 aromatic rings. The van der Waals surface area contributed by atoms with Gasteiger partial charge >= 0.3 is 12.1 Å². The third-order valence-corrected chi connectivity index (χ3v) is 12.0. The van der Waals surface area contributed by atoms with Crippen LogP contribution in [-0.4, -0.2) is 127 Å². The molecule has 4 aliphatic rings. The molecule has 56 heavy (non-hydrogen) atoms. The monoisotopic (exact) mass is 795 g/mol. The Kier molecular flexibility index (Phi) is 11.9. The van der Waals surface area contributed by atoms with Crippen molar-refractivity contribution in [3.05, 3.63) is 90.5 Å². The Balaban J connectivity index is 1.23. The number of ether oxygens (including phenoxy) is 2. The molecule has 0 aromatic heterocycles. The second-order valence-corrected chi connectivity index (χ2v) is 15.5. The van der Waals surface area contributed by atoms with Crippen molar-refractivity contribution in [1.82, 2.24) is 19.6 Å². The molecule has 0 aliphatic carbocycles. The highest BCUT2D eigenvalue weighted by Gasteiger charge is 2.60. The van der Waals surface area contributed by atoms with Gasteiger partial charge in [-0.15, -0.1) is 11.8 Å². The van der Waals surface area contributed by atoms with Crippen LogP contribution in [0.4, 0.5) is 16.2 Å². The lowest BCUT2D eigenvalue weighted by Crippen LogP contribution is -2.63. The van der Waals surface area contributed by atoms with Crippen LogP contribution in [0.25, 0.3) is 0 Å². The van der Waals surface area contributed by atoms with Crippen LogP contribution in [0.15, 0.2) is 59.1 Å². The highest BCUT2D eigenvalue weighted by atomic mass is 32.2. The fourth-order valence-electron chi connectivity index (χ4n) is 7.60. The van der Waals surface area contributed by atoms with Crippen molar-refractivity contribution in [2.24, 2.45) is 17.6 Å². The van der Waals surface area contributed by atoms with E-state index < -0.39 is 69.0 Å². The van der Waals surface area contributed by atoms with Crippen LogP contribution < -0.4 is 5.73 Å². The summed E-state index contributed by atoms with van der Waals surface area (Å²) < 4.78 is 11.2. The van der Waals surface area contributed by atoms with Gasteiger partial charge in [-0.05, 0) is 48.7 Å². The highest BCUT2D eigenvalue weighted by molar-refractivity contribution is 8.03. The minimum absolute atomic E-state index is 0.00367. The maximum absolute atomic E-state index is 14.1. The predicted molar refractivity (Wildman–Crippen MR) is 197 cm³/mol. The molecule has 4 amide bonds. The Labute approximate surface area is 324 Å². The Hall–Kier alpha value is -5.60. The topological polar surface area (TPSA) is 249 Å². The van der Waals surface area contributed by atoms with Crippen molar-refractivity contribution < 1.29 is 48.4 Å². The molecule has 3 fully saturated rings. The van der Waals surface area contributed by atoms with Gasteiger partial charge in [-0.25, -0.2) is 9.59 Å². The Morgan fingerprint density at radius 3 is 2.00 bits per heavy atom. The van der Waals surface area contributed by atoms with Crippen LogP contribution in [-0.2, 0) is 41.9 Å². The summed E-state index contributed by atoms with van der Waals surface area (Å²) in [5, 5.41) is 32.2. The molecular weight excluding hydrogens is 754 g/mol. The third kappa shape index (κ3) is 8.31. The van der Waals surface area contributed by atoms with Crippen molar-refractivity contribution >= 4 is 52.9 Å². The van der Waals surface area contributed by atoms with Crippen molar-refractivity contribution in [2.45, 2.75) is 56.9 Å². The van der Waals surface area contributed by atoms with Crippen LogP contribution in [0.3, 0.4) is 0 Å². The second-order valence-electron chi connectivity index (χ2n) is 14.2. The van der Waals surface area contributed by atoms with E-state index in [0.717, 1.165) is 0 Å². The molecule has 19 nitrogen and oxygen atoms in total. The van der Waals surface area contributed by atoms with Gasteiger partial charge in [0, 0.05) is 73.1 Å². The maximum Gasteiger partial charge on any atom is 0.410 e. The average molecular weight is 796 g/mol. The average Bonchev–Trinajstić information content (AvgIpc) is 3.69. The lowest BCUT2D eigenvalue weighted by atomic mass is 9.79. The van der Waals surface area contributed by atoms with Gasteiger partial charge in [0.1, 0.15) is 25.0 Å². The number of aliphatic hydroxyl groups is 1. The number of thioether (sulfide) groups is 1. The lowest BCUT2D eigenvalue weighted by Gasteiger charge is -2.46. The Morgan fingerprint density at radius 1 is 0.929 bits per heavy atom. The molecule has 6 atom stereocenters. The number of benzene rings is 2. The van der Waals surface area contributed by atoms with E-state index in [1.165, 1.54) is 77.0 Å². The van der Waals surface area contributed by atoms with Gasteiger partial charge in [-0.2, -0.15) is 0 Å². The summed E-state index contributed by atoms with van der Waals surface area (Å²) in [6.45, 7) is 4.34. The number of hydrogen-bond acceptors (Lipinski definition) is 14. The van der Waals surface area contributed by atoms with Gasteiger partial charge in [0.05, 0.1) is 34.5 Å². The van der Waals surface area contributed by atoms with Gasteiger partial charge < -0.3 is 30.1 Å². The van der Waals surface area contributed by atoms with E-state index in [2.05, 4.69) is 0 Å². The number of likely N-dealkylation sites (tertiary alicyclic amines) is 1. The molecule has 3 saturated heterocycles. The second kappa shape index (κ2) is 16.6. The number of amides is 4. The number of esters is 1. The molecule has 4 heterocycles. The van der Waals surface area contributed by atoms with Crippen LogP contribution in [0, 0.1) is 32.1 Å². The van der Waals surface area contributed by atoms with Gasteiger partial charge in [0.15, 0.2) is 0 Å². The van der Waals surface area contributed by atoms with Gasteiger partial charge in [0.2, 0.25) is 17.7 Å². The zero-order valence-corrected chi connectivity index (χ0v) is 31.4. The number of carbonyl (C=O) groups excluding carboxylic acids is 5. The minimum atomic E-state index is -0.995. The standard InChI is InChI=1S/C36H41N7O12S/c1-20-30-29(21(2)44)34(47)41(30)31(35(48)54-18-22-3-7-24(8-4-22)42(50)51)32(20)56-26-15-27(33(46)39-13-11-38(12-14-39)17-28(37)45)40(16-26)36(49)55-19-23-5-9-25(10-6-23)43(52)53/h3-10,20-21,26-27,29-30,44H,11-19H2,1-2H3,(H2,37,45)/t20-,21-,26+,27+,29-,30-/m1/s1. The highest BCUT2D eigenvalue weighted by Crippen LogP contribution is 2.52. The van der Waals surface area contributed by atoms with E-state index in [1.54, 1.807) is 4.90 Å². The molecule has 0 radical (unpaired) electrons. The molecular formula is C36H41N7O12S. The number of nitrogens with two attached hydrogens (primary N) is 1. The SMILES string of the molecule is C[C@@H](O)[C@H]1C(=O)N2C(C(=O)OCc3ccc([N+](=O)[O-])cc3)=C(S[C@H]3C[C@@H](C(=O)N4CCN(CC(N)=O)CC4)N(C(=O)OCc4ccc([N+](=O)[O-])cc4)C3)[C@H](C)[C@H]12. The number of nitro benzene ring substituents is 2. The van der Waals surface area contributed by atoms with Crippen LogP contribution in [0.2, 0.25) is 0 Å². The predicted octanol–water partition coefficient (Wildman–Crippen LogP) is 1.76. The van der Waals surface area contributed by atoms with E-state index in [1.807, 2.05) is 11.8 Å². The molecule has 20 heteroatoms. The van der Waals surface area contributed by atoms with E-state index in [0.29, 0.717) is 42.2 Å². The van der Waals surface area contributed by atoms with Crippen molar-refractivity contribution in [3.63, 3.8) is 0 Å². The molecule has 4 aliphatic heterocycles. The smallest absolute Gasteiger partial charge is 0.410 e. The van der Waals surface area contributed by atoms with Crippen LogP contribution in [0.5, 0.6) is 0 Å².